The number of amides is 2. The molecule has 1 aromatic heterocycles. The molecule has 0 unspecified atom stereocenters. The second-order valence-electron chi connectivity index (χ2n) is 9.45. The Morgan fingerprint density at radius 3 is 2.81 bits per heavy atom. The molecule has 0 radical (unpaired) electrons. The lowest BCUT2D eigenvalue weighted by Gasteiger charge is -2.33. The Hall–Kier alpha value is -3.77. The molecule has 1 saturated carbocycles. The number of benzene rings is 1. The fourth-order valence-electron chi connectivity index (χ4n) is 4.78. The van der Waals surface area contributed by atoms with E-state index in [1.165, 1.54) is 0 Å². The van der Waals surface area contributed by atoms with Gasteiger partial charge in [0.15, 0.2) is 0 Å². The van der Waals surface area contributed by atoms with Crippen LogP contribution in [0.2, 0.25) is 0 Å². The molecule has 2 aromatic rings. The van der Waals surface area contributed by atoms with Crippen molar-refractivity contribution in [1.82, 2.24) is 15.6 Å². The maximum Gasteiger partial charge on any atom is 0.407 e. The summed E-state index contributed by atoms with van der Waals surface area (Å²) in [7, 11) is 0. The number of carbonyl (C=O) groups excluding carboxylic acids is 2. The van der Waals surface area contributed by atoms with Crippen molar-refractivity contribution >= 4 is 29.3 Å². The van der Waals surface area contributed by atoms with Crippen LogP contribution >= 0.6 is 0 Å². The van der Waals surface area contributed by atoms with Gasteiger partial charge in [-0.2, -0.15) is 0 Å². The molecule has 37 heavy (non-hydrogen) atoms. The average molecular weight is 506 g/mol. The predicted molar refractivity (Wildman–Crippen MR) is 143 cm³/mol. The summed E-state index contributed by atoms with van der Waals surface area (Å²) in [6.07, 6.45) is 5.05. The number of aryl methyl sites for hydroxylation is 1. The number of aliphatic hydroxyl groups is 1. The zero-order valence-corrected chi connectivity index (χ0v) is 21.4. The van der Waals surface area contributed by atoms with Crippen LogP contribution in [0, 0.1) is 18.8 Å². The maximum absolute atomic E-state index is 12.8. The summed E-state index contributed by atoms with van der Waals surface area (Å²) in [5, 5.41) is 22.1. The quantitative estimate of drug-likeness (QED) is 0.272. The molecule has 1 aliphatic heterocycles. The fraction of sp³-hybridized carbons (Fsp3) is 0.464. The van der Waals surface area contributed by atoms with Gasteiger partial charge in [0.25, 0.3) is 5.91 Å². The highest BCUT2D eigenvalue weighted by atomic mass is 16.5. The van der Waals surface area contributed by atoms with Crippen LogP contribution in [0.4, 0.5) is 22.1 Å². The molecule has 0 spiro atoms. The van der Waals surface area contributed by atoms with Crippen molar-refractivity contribution in [2.45, 2.75) is 71.0 Å². The van der Waals surface area contributed by atoms with Gasteiger partial charge >= 0.3 is 6.09 Å². The first-order valence-electron chi connectivity index (χ1n) is 13.0. The lowest BCUT2D eigenvalue weighted by Crippen LogP contribution is -2.49. The Morgan fingerprint density at radius 2 is 2.05 bits per heavy atom. The van der Waals surface area contributed by atoms with E-state index in [2.05, 4.69) is 33.1 Å². The van der Waals surface area contributed by atoms with E-state index < -0.39 is 6.09 Å². The minimum absolute atomic E-state index is 0.0930. The molecule has 1 fully saturated rings. The molecule has 0 saturated heterocycles. The van der Waals surface area contributed by atoms with Crippen molar-refractivity contribution in [3.05, 3.63) is 46.5 Å². The summed E-state index contributed by atoms with van der Waals surface area (Å²) in [4.78, 5) is 30.0. The van der Waals surface area contributed by atoms with E-state index in [4.69, 9.17) is 9.72 Å². The predicted octanol–water partition coefficient (Wildman–Crippen LogP) is 3.97. The van der Waals surface area contributed by atoms with Crippen LogP contribution in [-0.2, 0) is 11.3 Å². The van der Waals surface area contributed by atoms with E-state index in [1.54, 1.807) is 0 Å². The van der Waals surface area contributed by atoms with Gasteiger partial charge in [-0.3, -0.25) is 4.79 Å². The number of pyridine rings is 1. The van der Waals surface area contributed by atoms with E-state index in [1.807, 2.05) is 38.1 Å². The molecule has 1 aromatic carbocycles. The molecule has 4 rings (SSSR count). The van der Waals surface area contributed by atoms with Crippen molar-refractivity contribution in [2.24, 2.45) is 0 Å². The van der Waals surface area contributed by atoms with Crippen molar-refractivity contribution in [1.29, 1.82) is 0 Å². The second kappa shape index (κ2) is 12.5. The van der Waals surface area contributed by atoms with E-state index >= 15 is 0 Å². The largest absolute Gasteiger partial charge is 0.450 e. The molecule has 5 N–H and O–H groups in total. The Kier molecular flexibility index (Phi) is 8.86. The van der Waals surface area contributed by atoms with Gasteiger partial charge in [0.05, 0.1) is 23.8 Å². The Morgan fingerprint density at radius 1 is 1.24 bits per heavy atom. The highest BCUT2D eigenvalue weighted by Crippen LogP contribution is 2.34. The zero-order chi connectivity index (χ0) is 26.2. The Balaban J connectivity index is 1.66. The number of fused-ring (bicyclic) bond motifs is 1. The minimum atomic E-state index is -0.411. The third-order valence-electron chi connectivity index (χ3n) is 6.65. The SMILES string of the molecule is CCCCOC(=O)N[C@H]1CCCC[C@H]1Nc1nc(Nc2cccc(C)c2)c2c(c1C#CCO)CNC2=O. The number of aliphatic hydroxyl groups excluding tert-OH is 1. The summed E-state index contributed by atoms with van der Waals surface area (Å²) < 4.78 is 5.33. The van der Waals surface area contributed by atoms with Crippen molar-refractivity contribution in [3.63, 3.8) is 0 Å². The van der Waals surface area contributed by atoms with Gasteiger partial charge in [-0.05, 0) is 43.9 Å². The van der Waals surface area contributed by atoms with Crippen molar-refractivity contribution < 1.29 is 19.4 Å². The van der Waals surface area contributed by atoms with Crippen LogP contribution in [-0.4, -0.2) is 47.4 Å². The number of alkyl carbamates (subject to hydrolysis) is 1. The molecule has 2 aliphatic rings. The number of ether oxygens (including phenoxy) is 1. The van der Waals surface area contributed by atoms with E-state index in [0.717, 1.165) is 55.3 Å². The number of nitrogens with one attached hydrogen (secondary N) is 4. The van der Waals surface area contributed by atoms with Crippen LogP contribution in [0.1, 0.15) is 72.5 Å². The molecular weight excluding hydrogens is 470 g/mol. The molecule has 9 nitrogen and oxygen atoms in total. The monoisotopic (exact) mass is 505 g/mol. The van der Waals surface area contributed by atoms with E-state index in [-0.39, 0.29) is 24.6 Å². The van der Waals surface area contributed by atoms with Crippen molar-refractivity contribution in [3.8, 4) is 11.8 Å². The van der Waals surface area contributed by atoms with E-state index in [0.29, 0.717) is 35.9 Å². The third kappa shape index (κ3) is 6.52. The lowest BCUT2D eigenvalue weighted by atomic mass is 9.90. The minimum Gasteiger partial charge on any atom is -0.450 e. The van der Waals surface area contributed by atoms with Gasteiger partial charge in [0, 0.05) is 23.8 Å². The lowest BCUT2D eigenvalue weighted by molar-refractivity contribution is 0.0966. The number of rotatable bonds is 8. The average Bonchev–Trinajstić information content (AvgIpc) is 3.27. The number of hydrogen-bond donors (Lipinski definition) is 5. The maximum atomic E-state index is 12.8. The first-order valence-corrected chi connectivity index (χ1v) is 13.0. The normalized spacial score (nSPS) is 18.2. The number of nitrogens with zero attached hydrogens (tertiary/aromatic N) is 1. The summed E-state index contributed by atoms with van der Waals surface area (Å²) in [5.41, 5.74) is 3.66. The molecule has 0 bridgehead atoms. The first-order chi connectivity index (χ1) is 18.0. The topological polar surface area (TPSA) is 125 Å². The number of carbonyl (C=O) groups is 2. The van der Waals surface area contributed by atoms with Gasteiger partial charge in [-0.25, -0.2) is 9.78 Å². The highest BCUT2D eigenvalue weighted by molar-refractivity contribution is 6.04. The molecule has 2 amide bonds. The number of aromatic nitrogens is 1. The van der Waals surface area contributed by atoms with Gasteiger partial charge in [0.2, 0.25) is 0 Å². The number of hydrogen-bond acceptors (Lipinski definition) is 7. The Bertz CT molecular complexity index is 1200. The molecule has 2 atom stereocenters. The first kappa shape index (κ1) is 26.3. The van der Waals surface area contributed by atoms with Gasteiger partial charge in [-0.1, -0.05) is 50.2 Å². The van der Waals surface area contributed by atoms with Crippen molar-refractivity contribution in [2.75, 3.05) is 23.8 Å². The third-order valence-corrected chi connectivity index (χ3v) is 6.65. The van der Waals surface area contributed by atoms with Crippen LogP contribution < -0.4 is 21.3 Å². The summed E-state index contributed by atoms with van der Waals surface area (Å²) in [5.74, 6) is 6.45. The summed E-state index contributed by atoms with van der Waals surface area (Å²) >= 11 is 0. The smallest absolute Gasteiger partial charge is 0.407 e. The van der Waals surface area contributed by atoms with Crippen LogP contribution in [0.3, 0.4) is 0 Å². The highest BCUT2D eigenvalue weighted by Gasteiger charge is 2.32. The molecule has 1 aliphatic carbocycles. The number of anilines is 3. The summed E-state index contributed by atoms with van der Waals surface area (Å²) in [6.45, 7) is 4.46. The zero-order valence-electron chi connectivity index (χ0n) is 21.4. The van der Waals surface area contributed by atoms with Gasteiger partial charge < -0.3 is 31.1 Å². The standard InChI is InChI=1S/C28H35N5O4/c1-3-4-15-37-28(36)32-23-13-6-5-12-22(23)31-25-20(11-8-14-34)21-17-29-27(35)24(21)26(33-25)30-19-10-7-9-18(2)16-19/h7,9-10,16,22-23,34H,3-6,12-15,17H2,1-2H3,(H,29,35)(H,32,36)(H2,30,31,33)/t22-,23+/m1/s1. The van der Waals surface area contributed by atoms with Crippen LogP contribution in [0.5, 0.6) is 0 Å². The molecule has 196 valence electrons. The fourth-order valence-corrected chi connectivity index (χ4v) is 4.78. The molecule has 9 heteroatoms. The second-order valence-corrected chi connectivity index (χ2v) is 9.45. The molecular formula is C28H35N5O4. The molecule has 2 heterocycles. The van der Waals surface area contributed by atoms with Gasteiger partial charge in [0.1, 0.15) is 18.2 Å². The summed E-state index contributed by atoms with van der Waals surface area (Å²) in [6, 6.07) is 7.62. The van der Waals surface area contributed by atoms with Crippen LogP contribution in [0.25, 0.3) is 0 Å². The van der Waals surface area contributed by atoms with Crippen LogP contribution in [0.15, 0.2) is 24.3 Å². The Labute approximate surface area is 217 Å². The van der Waals surface area contributed by atoms with Gasteiger partial charge in [-0.15, -0.1) is 0 Å². The number of unbranched alkanes of at least 4 members (excludes halogenated alkanes) is 1. The van der Waals surface area contributed by atoms with E-state index in [9.17, 15) is 14.7 Å².